The van der Waals surface area contributed by atoms with E-state index in [2.05, 4.69) is 15.5 Å². The summed E-state index contributed by atoms with van der Waals surface area (Å²) in [6.07, 6.45) is 2.96. The van der Waals surface area contributed by atoms with Gasteiger partial charge in [0, 0.05) is 17.4 Å². The van der Waals surface area contributed by atoms with Gasteiger partial charge in [0.1, 0.15) is 5.82 Å². The Kier molecular flexibility index (Phi) is 3.13. The normalized spacial score (nSPS) is 10.5. The van der Waals surface area contributed by atoms with E-state index >= 15 is 0 Å². The zero-order valence-corrected chi connectivity index (χ0v) is 8.54. The number of pyridine rings is 1. The third-order valence-corrected chi connectivity index (χ3v) is 2.04. The molecule has 2 aromatic rings. The Morgan fingerprint density at radius 1 is 1.12 bits per heavy atom. The molecule has 2 N–H and O–H groups in total. The van der Waals surface area contributed by atoms with E-state index in [0.717, 1.165) is 17.1 Å². The lowest BCUT2D eigenvalue weighted by molar-refractivity contribution is 0.322. The third-order valence-electron chi connectivity index (χ3n) is 2.04. The molecule has 1 aromatic heterocycles. The van der Waals surface area contributed by atoms with Crippen molar-refractivity contribution in [2.75, 3.05) is 5.32 Å². The predicted octanol–water partition coefficient (Wildman–Crippen LogP) is 2.63. The molecule has 0 radical (unpaired) electrons. The van der Waals surface area contributed by atoms with Crippen molar-refractivity contribution in [1.29, 1.82) is 0 Å². The molecule has 4 nitrogen and oxygen atoms in total. The highest BCUT2D eigenvalue weighted by molar-refractivity contribution is 5.79. The van der Waals surface area contributed by atoms with Crippen LogP contribution in [0, 0.1) is 0 Å². The van der Waals surface area contributed by atoms with E-state index in [4.69, 9.17) is 5.21 Å². The average Bonchev–Trinajstić information content (AvgIpc) is 2.33. The van der Waals surface area contributed by atoms with Crippen LogP contribution in [0.1, 0.15) is 5.56 Å². The molecule has 16 heavy (non-hydrogen) atoms. The van der Waals surface area contributed by atoms with Crippen molar-refractivity contribution >= 4 is 17.7 Å². The highest BCUT2D eigenvalue weighted by Gasteiger charge is 1.95. The molecular weight excluding hydrogens is 202 g/mol. The molecule has 0 unspecified atom stereocenters. The minimum absolute atomic E-state index is 0.751. The quantitative estimate of drug-likeness (QED) is 0.468. The molecule has 0 spiro atoms. The lowest BCUT2D eigenvalue weighted by Gasteiger charge is -2.04. The van der Waals surface area contributed by atoms with E-state index < -0.39 is 0 Å². The lowest BCUT2D eigenvalue weighted by atomic mass is 10.3. The van der Waals surface area contributed by atoms with Crippen molar-refractivity contribution in [3.05, 3.63) is 54.2 Å². The second-order valence-corrected chi connectivity index (χ2v) is 3.21. The summed E-state index contributed by atoms with van der Waals surface area (Å²) in [7, 11) is 0. The Balaban J connectivity index is 2.11. The minimum atomic E-state index is 0.751. The van der Waals surface area contributed by atoms with E-state index in [9.17, 15) is 0 Å². The van der Waals surface area contributed by atoms with Crippen LogP contribution in [0.2, 0.25) is 0 Å². The summed E-state index contributed by atoms with van der Waals surface area (Å²) in [6.45, 7) is 0. The van der Waals surface area contributed by atoms with Gasteiger partial charge in [0.2, 0.25) is 0 Å². The van der Waals surface area contributed by atoms with Crippen LogP contribution >= 0.6 is 0 Å². The third kappa shape index (κ3) is 2.57. The number of nitrogens with zero attached hydrogens (tertiary/aromatic N) is 2. The Hall–Kier alpha value is -2.36. The molecule has 0 aliphatic rings. The van der Waals surface area contributed by atoms with Gasteiger partial charge < -0.3 is 10.5 Å². The lowest BCUT2D eigenvalue weighted by Crippen LogP contribution is -1.93. The summed E-state index contributed by atoms with van der Waals surface area (Å²) in [6, 6.07) is 13.4. The first kappa shape index (κ1) is 10.2. The van der Waals surface area contributed by atoms with Gasteiger partial charge in [-0.05, 0) is 24.3 Å². The Labute approximate surface area is 93.3 Å². The molecule has 1 aromatic carbocycles. The number of anilines is 2. The van der Waals surface area contributed by atoms with E-state index in [1.54, 1.807) is 6.20 Å². The van der Waals surface area contributed by atoms with Crippen molar-refractivity contribution in [3.8, 4) is 0 Å². The summed E-state index contributed by atoms with van der Waals surface area (Å²) in [4.78, 5) is 4.18. The highest BCUT2D eigenvalue weighted by Crippen LogP contribution is 2.13. The van der Waals surface area contributed by atoms with Crippen molar-refractivity contribution in [1.82, 2.24) is 4.98 Å². The average molecular weight is 213 g/mol. The number of benzene rings is 1. The van der Waals surface area contributed by atoms with Crippen LogP contribution in [0.15, 0.2) is 53.8 Å². The number of hydrogen-bond donors (Lipinski definition) is 2. The van der Waals surface area contributed by atoms with Crippen molar-refractivity contribution in [2.45, 2.75) is 0 Å². The topological polar surface area (TPSA) is 57.5 Å². The van der Waals surface area contributed by atoms with Crippen molar-refractivity contribution in [3.63, 3.8) is 0 Å². The first-order chi connectivity index (χ1) is 7.88. The van der Waals surface area contributed by atoms with Gasteiger partial charge in [-0.2, -0.15) is 0 Å². The number of oxime groups is 1. The second-order valence-electron chi connectivity index (χ2n) is 3.21. The van der Waals surface area contributed by atoms with Gasteiger partial charge in [-0.15, -0.1) is 0 Å². The van der Waals surface area contributed by atoms with E-state index in [0.29, 0.717) is 0 Å². The maximum absolute atomic E-state index is 8.35. The predicted molar refractivity (Wildman–Crippen MR) is 63.3 cm³/mol. The van der Waals surface area contributed by atoms with Crippen LogP contribution in [0.4, 0.5) is 11.5 Å². The molecule has 4 heteroatoms. The zero-order chi connectivity index (χ0) is 11.2. The fourth-order valence-corrected chi connectivity index (χ4v) is 1.29. The van der Waals surface area contributed by atoms with E-state index in [1.807, 2.05) is 42.5 Å². The SMILES string of the molecule is O/N=C/c1ccc(Nc2ccccc2)nc1. The zero-order valence-electron chi connectivity index (χ0n) is 8.54. The highest BCUT2D eigenvalue weighted by atomic mass is 16.4. The molecule has 1 heterocycles. The number of rotatable bonds is 3. The molecule has 2 rings (SSSR count). The Morgan fingerprint density at radius 3 is 2.56 bits per heavy atom. The second kappa shape index (κ2) is 4.93. The molecule has 0 fully saturated rings. The van der Waals surface area contributed by atoms with Crippen molar-refractivity contribution in [2.24, 2.45) is 5.16 Å². The Morgan fingerprint density at radius 2 is 1.94 bits per heavy atom. The maximum atomic E-state index is 8.35. The monoisotopic (exact) mass is 213 g/mol. The number of nitrogens with one attached hydrogen (secondary N) is 1. The molecule has 0 bridgehead atoms. The standard InChI is InChI=1S/C12H11N3O/c16-14-9-10-6-7-12(13-8-10)15-11-4-2-1-3-5-11/h1-9,16H,(H,13,15)/b14-9+. The molecule has 0 saturated carbocycles. The smallest absolute Gasteiger partial charge is 0.130 e. The minimum Gasteiger partial charge on any atom is -0.411 e. The van der Waals surface area contributed by atoms with Gasteiger partial charge in [0.05, 0.1) is 6.21 Å². The fourth-order valence-electron chi connectivity index (χ4n) is 1.29. The van der Waals surface area contributed by atoms with Gasteiger partial charge in [-0.3, -0.25) is 0 Å². The first-order valence-corrected chi connectivity index (χ1v) is 4.84. The van der Waals surface area contributed by atoms with Crippen LogP contribution in [-0.4, -0.2) is 16.4 Å². The summed E-state index contributed by atoms with van der Waals surface area (Å²) in [5, 5.41) is 14.4. The summed E-state index contributed by atoms with van der Waals surface area (Å²) < 4.78 is 0. The van der Waals surface area contributed by atoms with Gasteiger partial charge in [-0.25, -0.2) is 4.98 Å². The van der Waals surface area contributed by atoms with E-state index in [-0.39, 0.29) is 0 Å². The summed E-state index contributed by atoms with van der Waals surface area (Å²) in [5.74, 6) is 0.751. The van der Waals surface area contributed by atoms with Gasteiger partial charge >= 0.3 is 0 Å². The molecule has 80 valence electrons. The van der Waals surface area contributed by atoms with Crippen LogP contribution in [-0.2, 0) is 0 Å². The van der Waals surface area contributed by atoms with E-state index in [1.165, 1.54) is 6.21 Å². The fraction of sp³-hybridized carbons (Fsp3) is 0. The Bertz CT molecular complexity index is 465. The largest absolute Gasteiger partial charge is 0.411 e. The molecular formula is C12H11N3O. The number of para-hydroxylation sites is 1. The van der Waals surface area contributed by atoms with Crippen LogP contribution in [0.5, 0.6) is 0 Å². The van der Waals surface area contributed by atoms with Gasteiger partial charge in [0.25, 0.3) is 0 Å². The molecule has 0 saturated heterocycles. The molecule has 0 amide bonds. The first-order valence-electron chi connectivity index (χ1n) is 4.84. The van der Waals surface area contributed by atoms with Gasteiger partial charge in [-0.1, -0.05) is 23.4 Å². The maximum Gasteiger partial charge on any atom is 0.130 e. The number of hydrogen-bond acceptors (Lipinski definition) is 4. The number of aromatic nitrogens is 1. The molecule has 0 aliphatic heterocycles. The van der Waals surface area contributed by atoms with Crippen LogP contribution in [0.25, 0.3) is 0 Å². The molecule has 0 aliphatic carbocycles. The van der Waals surface area contributed by atoms with Gasteiger partial charge in [0.15, 0.2) is 0 Å². The van der Waals surface area contributed by atoms with Crippen LogP contribution < -0.4 is 5.32 Å². The van der Waals surface area contributed by atoms with Crippen molar-refractivity contribution < 1.29 is 5.21 Å². The summed E-state index contributed by atoms with van der Waals surface area (Å²) in [5.41, 5.74) is 1.74. The summed E-state index contributed by atoms with van der Waals surface area (Å²) >= 11 is 0. The molecule has 0 atom stereocenters. The van der Waals surface area contributed by atoms with Crippen LogP contribution in [0.3, 0.4) is 0 Å².